The van der Waals surface area contributed by atoms with Crippen molar-refractivity contribution < 1.29 is 4.79 Å². The highest BCUT2D eigenvalue weighted by molar-refractivity contribution is 6.06. The molecule has 112 valence electrons. The Morgan fingerprint density at radius 3 is 2.59 bits per heavy atom. The van der Waals surface area contributed by atoms with Crippen molar-refractivity contribution in [2.24, 2.45) is 7.05 Å². The zero-order chi connectivity index (χ0) is 15.4. The molecule has 1 N–H and O–H groups in total. The van der Waals surface area contributed by atoms with Gasteiger partial charge in [0, 0.05) is 30.7 Å². The van der Waals surface area contributed by atoms with Gasteiger partial charge in [0.1, 0.15) is 0 Å². The van der Waals surface area contributed by atoms with Crippen LogP contribution in [0.25, 0.3) is 10.9 Å². The average molecular weight is 292 g/mol. The van der Waals surface area contributed by atoms with Gasteiger partial charge in [-0.3, -0.25) is 4.79 Å². The number of amides is 1. The van der Waals surface area contributed by atoms with Gasteiger partial charge in [-0.25, -0.2) is 0 Å². The summed E-state index contributed by atoms with van der Waals surface area (Å²) >= 11 is 0. The Morgan fingerprint density at radius 2 is 1.77 bits per heavy atom. The Balaban J connectivity index is 1.60. The van der Waals surface area contributed by atoms with Crippen molar-refractivity contribution in [3.63, 3.8) is 0 Å². The van der Waals surface area contributed by atoms with Crippen LogP contribution in [0.15, 0.2) is 60.8 Å². The van der Waals surface area contributed by atoms with Crippen LogP contribution in [0.3, 0.4) is 0 Å². The first-order valence-electron chi connectivity index (χ1n) is 7.62. The number of carbonyl (C=O) groups excluding carboxylic acids is 1. The number of hydrogen-bond donors (Lipinski definition) is 1. The van der Waals surface area contributed by atoms with E-state index in [0.29, 0.717) is 6.54 Å². The van der Waals surface area contributed by atoms with Crippen LogP contribution in [0.2, 0.25) is 0 Å². The summed E-state index contributed by atoms with van der Waals surface area (Å²) in [5.74, 6) is 0.00450. The minimum atomic E-state index is 0.00450. The van der Waals surface area contributed by atoms with E-state index in [9.17, 15) is 4.79 Å². The van der Waals surface area contributed by atoms with Crippen LogP contribution < -0.4 is 5.32 Å². The second-order valence-electron chi connectivity index (χ2n) is 5.52. The van der Waals surface area contributed by atoms with E-state index >= 15 is 0 Å². The monoisotopic (exact) mass is 292 g/mol. The van der Waals surface area contributed by atoms with Crippen molar-refractivity contribution in [3.8, 4) is 0 Å². The Kier molecular flexibility index (Phi) is 4.24. The third-order valence-corrected chi connectivity index (χ3v) is 3.91. The van der Waals surface area contributed by atoms with Gasteiger partial charge in [0.15, 0.2) is 0 Å². The Hall–Kier alpha value is -2.55. The lowest BCUT2D eigenvalue weighted by atomic mass is 10.1. The summed E-state index contributed by atoms with van der Waals surface area (Å²) in [6.45, 7) is 0.691. The number of aryl methyl sites for hydroxylation is 2. The van der Waals surface area contributed by atoms with Gasteiger partial charge in [0.05, 0.1) is 5.56 Å². The molecule has 0 fully saturated rings. The minimum absolute atomic E-state index is 0.00450. The molecule has 0 spiro atoms. The molecular weight excluding hydrogens is 272 g/mol. The quantitative estimate of drug-likeness (QED) is 0.717. The molecule has 22 heavy (non-hydrogen) atoms. The molecule has 1 heterocycles. The number of nitrogens with one attached hydrogen (secondary N) is 1. The maximum absolute atomic E-state index is 12.4. The van der Waals surface area contributed by atoms with E-state index in [1.807, 2.05) is 60.3 Å². The molecule has 3 heteroatoms. The average Bonchev–Trinajstić information content (AvgIpc) is 2.90. The molecular formula is C19H20N2O. The highest BCUT2D eigenvalue weighted by Gasteiger charge is 2.12. The van der Waals surface area contributed by atoms with Crippen molar-refractivity contribution in [2.45, 2.75) is 12.8 Å². The molecule has 1 aromatic heterocycles. The zero-order valence-corrected chi connectivity index (χ0v) is 12.8. The lowest BCUT2D eigenvalue weighted by Crippen LogP contribution is -2.24. The molecule has 3 nitrogen and oxygen atoms in total. The van der Waals surface area contributed by atoms with E-state index < -0.39 is 0 Å². The van der Waals surface area contributed by atoms with Gasteiger partial charge < -0.3 is 9.88 Å². The second-order valence-corrected chi connectivity index (χ2v) is 5.52. The Morgan fingerprint density at radius 1 is 1.05 bits per heavy atom. The number of fused-ring (bicyclic) bond motifs is 1. The molecule has 0 aliphatic heterocycles. The summed E-state index contributed by atoms with van der Waals surface area (Å²) in [6, 6.07) is 18.3. The van der Waals surface area contributed by atoms with Gasteiger partial charge in [-0.05, 0) is 24.5 Å². The van der Waals surface area contributed by atoms with E-state index in [1.165, 1.54) is 5.56 Å². The smallest absolute Gasteiger partial charge is 0.253 e. The predicted molar refractivity (Wildman–Crippen MR) is 90.0 cm³/mol. The van der Waals surface area contributed by atoms with Gasteiger partial charge in [0.25, 0.3) is 5.91 Å². The molecule has 0 atom stereocenters. The lowest BCUT2D eigenvalue weighted by Gasteiger charge is -2.04. The van der Waals surface area contributed by atoms with Crippen LogP contribution in [-0.4, -0.2) is 17.0 Å². The van der Waals surface area contributed by atoms with Crippen LogP contribution in [0, 0.1) is 0 Å². The van der Waals surface area contributed by atoms with Gasteiger partial charge in [-0.15, -0.1) is 0 Å². The minimum Gasteiger partial charge on any atom is -0.352 e. The van der Waals surface area contributed by atoms with Crippen LogP contribution in [0.5, 0.6) is 0 Å². The molecule has 1 amide bonds. The Labute approximate surface area is 130 Å². The third kappa shape index (κ3) is 3.03. The normalized spacial score (nSPS) is 10.8. The summed E-state index contributed by atoms with van der Waals surface area (Å²) in [4.78, 5) is 12.4. The topological polar surface area (TPSA) is 34.0 Å². The number of aromatic nitrogens is 1. The zero-order valence-electron chi connectivity index (χ0n) is 12.8. The first kappa shape index (κ1) is 14.4. The van der Waals surface area contributed by atoms with Gasteiger partial charge in [-0.2, -0.15) is 0 Å². The number of para-hydroxylation sites is 1. The van der Waals surface area contributed by atoms with Crippen LogP contribution >= 0.6 is 0 Å². The summed E-state index contributed by atoms with van der Waals surface area (Å²) < 4.78 is 1.99. The molecule has 3 aromatic rings. The number of hydrogen-bond acceptors (Lipinski definition) is 1. The summed E-state index contributed by atoms with van der Waals surface area (Å²) in [6.07, 6.45) is 3.83. The largest absolute Gasteiger partial charge is 0.352 e. The van der Waals surface area contributed by atoms with Crippen LogP contribution in [0.1, 0.15) is 22.3 Å². The summed E-state index contributed by atoms with van der Waals surface area (Å²) in [7, 11) is 1.97. The fourth-order valence-electron chi connectivity index (χ4n) is 2.76. The van der Waals surface area contributed by atoms with E-state index in [0.717, 1.165) is 29.3 Å². The molecule has 0 radical (unpaired) electrons. The molecule has 3 rings (SSSR count). The highest BCUT2D eigenvalue weighted by atomic mass is 16.1. The van der Waals surface area contributed by atoms with Crippen molar-refractivity contribution in [1.29, 1.82) is 0 Å². The summed E-state index contributed by atoms with van der Waals surface area (Å²) in [5, 5.41) is 4.03. The molecule has 0 saturated carbocycles. The first-order valence-corrected chi connectivity index (χ1v) is 7.62. The van der Waals surface area contributed by atoms with Crippen molar-refractivity contribution in [3.05, 3.63) is 71.9 Å². The van der Waals surface area contributed by atoms with E-state index in [-0.39, 0.29) is 5.91 Å². The van der Waals surface area contributed by atoms with E-state index in [4.69, 9.17) is 0 Å². The third-order valence-electron chi connectivity index (χ3n) is 3.91. The predicted octanol–water partition coefficient (Wildman–Crippen LogP) is 3.54. The SMILES string of the molecule is Cn1cc(C(=O)NCCCc2ccccc2)c2ccccc21. The molecule has 0 saturated heterocycles. The fourth-order valence-corrected chi connectivity index (χ4v) is 2.76. The maximum atomic E-state index is 12.4. The van der Waals surface area contributed by atoms with Crippen LogP contribution in [-0.2, 0) is 13.5 Å². The molecule has 0 unspecified atom stereocenters. The number of benzene rings is 2. The number of nitrogens with zero attached hydrogens (tertiary/aromatic N) is 1. The molecule has 0 aliphatic carbocycles. The maximum Gasteiger partial charge on any atom is 0.253 e. The molecule has 2 aromatic carbocycles. The van der Waals surface area contributed by atoms with E-state index in [1.54, 1.807) is 0 Å². The fraction of sp³-hybridized carbons (Fsp3) is 0.211. The lowest BCUT2D eigenvalue weighted by molar-refractivity contribution is 0.0954. The number of carbonyl (C=O) groups is 1. The molecule has 0 aliphatic rings. The standard InChI is InChI=1S/C19H20N2O/c1-21-14-17(16-11-5-6-12-18(16)21)19(22)20-13-7-10-15-8-3-2-4-9-15/h2-6,8-9,11-12,14H,7,10,13H2,1H3,(H,20,22). The summed E-state index contributed by atoms with van der Waals surface area (Å²) in [5.41, 5.74) is 3.14. The highest BCUT2D eigenvalue weighted by Crippen LogP contribution is 2.20. The molecule has 0 bridgehead atoms. The van der Waals surface area contributed by atoms with Crippen molar-refractivity contribution in [2.75, 3.05) is 6.54 Å². The number of rotatable bonds is 5. The Bertz CT molecular complexity index is 774. The van der Waals surface area contributed by atoms with Crippen LogP contribution in [0.4, 0.5) is 0 Å². The first-order chi connectivity index (χ1) is 10.8. The van der Waals surface area contributed by atoms with Crippen molar-refractivity contribution in [1.82, 2.24) is 9.88 Å². The van der Waals surface area contributed by atoms with Gasteiger partial charge >= 0.3 is 0 Å². The van der Waals surface area contributed by atoms with Gasteiger partial charge in [0.2, 0.25) is 0 Å². The van der Waals surface area contributed by atoms with E-state index in [2.05, 4.69) is 17.4 Å². The van der Waals surface area contributed by atoms with Crippen molar-refractivity contribution >= 4 is 16.8 Å². The van der Waals surface area contributed by atoms with Gasteiger partial charge in [-0.1, -0.05) is 48.5 Å². The second kappa shape index (κ2) is 6.48.